The predicted octanol–water partition coefficient (Wildman–Crippen LogP) is 8.39. The molecule has 0 unspecified atom stereocenters. The molecule has 1 N–H and O–H groups in total. The van der Waals surface area contributed by atoms with E-state index in [0.717, 1.165) is 29.7 Å². The summed E-state index contributed by atoms with van der Waals surface area (Å²) in [6.07, 6.45) is 0.767. The van der Waals surface area contributed by atoms with Crippen molar-refractivity contribution in [3.8, 4) is 17.2 Å². The van der Waals surface area contributed by atoms with Crippen LogP contribution in [0.1, 0.15) is 119 Å². The van der Waals surface area contributed by atoms with Crippen LogP contribution in [0.5, 0.6) is 17.2 Å². The highest BCUT2D eigenvalue weighted by atomic mass is 16.5. The predicted molar refractivity (Wildman–Crippen MR) is 213 cm³/mol. The van der Waals surface area contributed by atoms with E-state index in [9.17, 15) is 19.2 Å². The average molecular weight is 751 g/mol. The van der Waals surface area contributed by atoms with Gasteiger partial charge in [0.2, 0.25) is 0 Å². The highest BCUT2D eigenvalue weighted by Gasteiger charge is 2.27. The molecule has 0 bridgehead atoms. The highest BCUT2D eigenvalue weighted by Crippen LogP contribution is 2.36. The molecule has 0 saturated carbocycles. The molecule has 0 aromatic heterocycles. The summed E-state index contributed by atoms with van der Waals surface area (Å²) in [5.41, 5.74) is 1.85. The lowest BCUT2D eigenvalue weighted by Gasteiger charge is -2.30. The Labute approximate surface area is 325 Å². The fraction of sp³-hybridized carbons (Fsp3) is 0.391. The minimum Gasteiger partial charge on any atom is -0.457 e. The quantitative estimate of drug-likeness (QED) is 0.101. The van der Waals surface area contributed by atoms with Crippen molar-refractivity contribution in [1.29, 1.82) is 0 Å². The van der Waals surface area contributed by atoms with Gasteiger partial charge in [-0.1, -0.05) is 36.4 Å². The summed E-state index contributed by atoms with van der Waals surface area (Å²) in [6.45, 7) is 20.4. The fourth-order valence-electron chi connectivity index (χ4n) is 6.02. The van der Waals surface area contributed by atoms with Crippen molar-refractivity contribution in [2.75, 3.05) is 6.54 Å². The van der Waals surface area contributed by atoms with Gasteiger partial charge in [0, 0.05) is 17.9 Å². The van der Waals surface area contributed by atoms with E-state index < -0.39 is 22.8 Å². The Morgan fingerprint density at radius 3 is 1.56 bits per heavy atom. The first-order valence-electron chi connectivity index (χ1n) is 18.9. The molecule has 0 heterocycles. The molecule has 0 amide bonds. The molecule has 0 saturated heterocycles. The third-order valence-corrected chi connectivity index (χ3v) is 9.25. The van der Waals surface area contributed by atoms with Gasteiger partial charge in [-0.25, -0.2) is 9.59 Å². The molecule has 4 aromatic carbocycles. The number of rotatable bonds is 14. The number of quaternary nitrogens is 1. The van der Waals surface area contributed by atoms with Crippen LogP contribution in [0.4, 0.5) is 0 Å². The molecule has 1 atom stereocenters. The molecular formula is C46H56NO8+. The lowest BCUT2D eigenvalue weighted by atomic mass is 9.86. The molecule has 0 fully saturated rings. The summed E-state index contributed by atoms with van der Waals surface area (Å²) in [4.78, 5) is 52.9. The van der Waals surface area contributed by atoms with E-state index in [1.54, 1.807) is 102 Å². The Morgan fingerprint density at radius 2 is 1.09 bits per heavy atom. The van der Waals surface area contributed by atoms with Crippen molar-refractivity contribution in [3.63, 3.8) is 0 Å². The van der Waals surface area contributed by atoms with Crippen LogP contribution in [0.25, 0.3) is 0 Å². The zero-order valence-electron chi connectivity index (χ0n) is 33.9. The van der Waals surface area contributed by atoms with Crippen LogP contribution in [0, 0.1) is 10.8 Å². The highest BCUT2D eigenvalue weighted by molar-refractivity contribution is 5.92. The largest absolute Gasteiger partial charge is 0.457 e. The molecule has 0 aliphatic heterocycles. The van der Waals surface area contributed by atoms with Crippen molar-refractivity contribution in [2.24, 2.45) is 10.8 Å². The van der Waals surface area contributed by atoms with E-state index in [4.69, 9.17) is 18.9 Å². The number of hydrogen-bond acceptors (Lipinski definition) is 8. The first-order valence-corrected chi connectivity index (χ1v) is 18.9. The molecule has 0 aliphatic carbocycles. The molecule has 0 radical (unpaired) electrons. The molecule has 292 valence electrons. The molecule has 4 rings (SSSR count). The fourth-order valence-corrected chi connectivity index (χ4v) is 6.02. The minimum atomic E-state index is -0.674. The smallest absolute Gasteiger partial charge is 0.343 e. The van der Waals surface area contributed by atoms with E-state index in [1.165, 1.54) is 4.90 Å². The van der Waals surface area contributed by atoms with Crippen LogP contribution >= 0.6 is 0 Å². The third-order valence-electron chi connectivity index (χ3n) is 9.25. The summed E-state index contributed by atoms with van der Waals surface area (Å²) in [5, 5.41) is 0. The monoisotopic (exact) mass is 750 g/mol. The lowest BCUT2D eigenvalue weighted by molar-refractivity contribution is -0.942. The maximum Gasteiger partial charge on any atom is 0.343 e. The molecule has 0 aliphatic rings. The number of ether oxygens (including phenoxy) is 4. The molecule has 9 heteroatoms. The number of esters is 4. The van der Waals surface area contributed by atoms with Crippen LogP contribution in [0.15, 0.2) is 97.1 Å². The second kappa shape index (κ2) is 18.4. The maximum absolute atomic E-state index is 13.6. The standard InChI is InChI=1S/C46H55NO8/c1-30(2)47(31(3)4)27-26-38(33-14-12-11-13-15-33)39-28-32(29-52-41(48)34-17-21-36(22-18-34)53-43(50)45(5,6)7)16-25-40(39)55-42(49)35-19-23-37(24-20-35)54-44(51)46(8,9)10/h11-25,28,30-31,38H,26-27,29H2,1-10H3/p+1/t38-/m1/s1. The van der Waals surface area contributed by atoms with Gasteiger partial charge in [0.05, 0.1) is 40.6 Å². The summed E-state index contributed by atoms with van der Waals surface area (Å²) in [7, 11) is 0. The van der Waals surface area contributed by atoms with E-state index >= 15 is 0 Å². The van der Waals surface area contributed by atoms with Gasteiger partial charge in [-0.15, -0.1) is 0 Å². The van der Waals surface area contributed by atoms with Crippen LogP contribution in [0.3, 0.4) is 0 Å². The van der Waals surface area contributed by atoms with Crippen molar-refractivity contribution in [2.45, 2.75) is 100 Å². The summed E-state index contributed by atoms with van der Waals surface area (Å²) < 4.78 is 22.8. The molecule has 4 aromatic rings. The van der Waals surface area contributed by atoms with E-state index in [0.29, 0.717) is 40.5 Å². The van der Waals surface area contributed by atoms with E-state index in [-0.39, 0.29) is 24.5 Å². The zero-order valence-corrected chi connectivity index (χ0v) is 33.9. The van der Waals surface area contributed by atoms with E-state index in [1.807, 2.05) is 24.3 Å². The number of nitrogens with one attached hydrogen (secondary N) is 1. The average Bonchev–Trinajstić information content (AvgIpc) is 3.12. The summed E-state index contributed by atoms with van der Waals surface area (Å²) >= 11 is 0. The zero-order chi connectivity index (χ0) is 40.5. The van der Waals surface area contributed by atoms with Crippen molar-refractivity contribution >= 4 is 23.9 Å². The molecule has 0 spiro atoms. The Morgan fingerprint density at radius 1 is 0.600 bits per heavy atom. The second-order valence-corrected chi connectivity index (χ2v) is 16.6. The van der Waals surface area contributed by atoms with Crippen molar-refractivity contribution < 1.29 is 43.0 Å². The number of carbonyl (C=O) groups is 4. The molecule has 9 nitrogen and oxygen atoms in total. The van der Waals surface area contributed by atoms with Crippen LogP contribution in [-0.2, 0) is 20.9 Å². The van der Waals surface area contributed by atoms with Gasteiger partial charge in [-0.3, -0.25) is 9.59 Å². The van der Waals surface area contributed by atoms with Gasteiger partial charge < -0.3 is 23.8 Å². The van der Waals surface area contributed by atoms with Crippen LogP contribution < -0.4 is 19.1 Å². The molecule has 55 heavy (non-hydrogen) atoms. The van der Waals surface area contributed by atoms with E-state index in [2.05, 4.69) is 39.8 Å². The Hall–Kier alpha value is -5.28. The SMILES string of the molecule is CC(C)[NH+](CC[C@H](c1ccccc1)c1cc(COC(=O)c2ccc(OC(=O)C(C)(C)C)cc2)ccc1OC(=O)c1ccc(OC(=O)C(C)(C)C)cc1)C(C)C. The van der Waals surface area contributed by atoms with Gasteiger partial charge in [0.25, 0.3) is 0 Å². The lowest BCUT2D eigenvalue weighted by Crippen LogP contribution is -3.17. The van der Waals surface area contributed by atoms with Crippen LogP contribution in [0.2, 0.25) is 0 Å². The van der Waals surface area contributed by atoms with Gasteiger partial charge in [-0.2, -0.15) is 0 Å². The first-order chi connectivity index (χ1) is 25.8. The Balaban J connectivity index is 1.63. The molecular weight excluding hydrogens is 695 g/mol. The normalized spacial score (nSPS) is 12.4. The number of hydrogen-bond donors (Lipinski definition) is 1. The van der Waals surface area contributed by atoms with Crippen molar-refractivity contribution in [1.82, 2.24) is 0 Å². The van der Waals surface area contributed by atoms with Gasteiger partial charge in [-0.05, 0) is 141 Å². The topological polar surface area (TPSA) is 110 Å². The minimum absolute atomic E-state index is 0.0214. The second-order valence-electron chi connectivity index (χ2n) is 16.6. The third kappa shape index (κ3) is 12.1. The number of carbonyl (C=O) groups excluding carboxylic acids is 4. The summed E-state index contributed by atoms with van der Waals surface area (Å²) in [6, 6.07) is 29.0. The van der Waals surface area contributed by atoms with Gasteiger partial charge in [0.15, 0.2) is 0 Å². The maximum atomic E-state index is 13.6. The van der Waals surface area contributed by atoms with Gasteiger partial charge in [0.1, 0.15) is 23.9 Å². The Kier molecular flexibility index (Phi) is 14.2. The van der Waals surface area contributed by atoms with Crippen LogP contribution in [-0.4, -0.2) is 42.5 Å². The van der Waals surface area contributed by atoms with Crippen molar-refractivity contribution in [3.05, 3.63) is 125 Å². The summed E-state index contributed by atoms with van der Waals surface area (Å²) in [5.74, 6) is -0.915. The first kappa shape index (κ1) is 42.5. The van der Waals surface area contributed by atoms with Gasteiger partial charge >= 0.3 is 23.9 Å². The number of benzene rings is 4. The Bertz CT molecular complexity index is 1910.